The molecule has 3 aromatic carbocycles. The van der Waals surface area contributed by atoms with Crippen LogP contribution >= 0.6 is 27.5 Å². The average Bonchev–Trinajstić information content (AvgIpc) is 2.83. The minimum absolute atomic E-state index is 0.0742. The number of benzene rings is 3. The maximum absolute atomic E-state index is 12.6. The lowest BCUT2D eigenvalue weighted by atomic mass is 10.1. The molecule has 0 aliphatic heterocycles. The molecule has 172 valence electrons. The van der Waals surface area contributed by atoms with Gasteiger partial charge in [-0.2, -0.15) is 5.26 Å². The summed E-state index contributed by atoms with van der Waals surface area (Å²) in [5.41, 5.74) is 0.760. The summed E-state index contributed by atoms with van der Waals surface area (Å²) >= 11 is 9.18. The number of nitrogens with one attached hydrogen (secondary N) is 1. The van der Waals surface area contributed by atoms with Gasteiger partial charge >= 0.3 is 0 Å². The van der Waals surface area contributed by atoms with E-state index < -0.39 is 10.8 Å². The van der Waals surface area contributed by atoms with Gasteiger partial charge in [-0.1, -0.05) is 45.7 Å². The SMILES string of the molecule is COc1cc(C=C(C#N)C(=O)Nc2ccc(Cl)cc2[N+](=O)[O-])ccc1OCc1ccc(Br)cc1. The van der Waals surface area contributed by atoms with Crippen molar-refractivity contribution in [3.05, 3.63) is 97.0 Å². The van der Waals surface area contributed by atoms with Gasteiger partial charge in [0.2, 0.25) is 0 Å². The Bertz CT molecular complexity index is 1300. The molecule has 0 aliphatic carbocycles. The molecule has 10 heteroatoms. The molecule has 0 unspecified atom stereocenters. The Morgan fingerprint density at radius 3 is 2.56 bits per heavy atom. The number of nitro benzene ring substituents is 1. The van der Waals surface area contributed by atoms with Crippen molar-refractivity contribution < 1.29 is 19.2 Å². The molecule has 0 saturated heterocycles. The molecule has 0 atom stereocenters. The zero-order chi connectivity index (χ0) is 24.7. The van der Waals surface area contributed by atoms with Crippen molar-refractivity contribution in [1.82, 2.24) is 0 Å². The molecular weight excluding hydrogens is 526 g/mol. The number of carbonyl (C=O) groups excluding carboxylic acids is 1. The average molecular weight is 543 g/mol. The molecule has 3 aromatic rings. The third-order valence-electron chi connectivity index (χ3n) is 4.58. The quantitative estimate of drug-likeness (QED) is 0.158. The highest BCUT2D eigenvalue weighted by Crippen LogP contribution is 2.31. The smallest absolute Gasteiger partial charge is 0.294 e. The molecule has 1 amide bonds. The normalized spacial score (nSPS) is 10.8. The predicted molar refractivity (Wildman–Crippen MR) is 132 cm³/mol. The number of ether oxygens (including phenoxy) is 2. The van der Waals surface area contributed by atoms with Crippen LogP contribution in [0.3, 0.4) is 0 Å². The van der Waals surface area contributed by atoms with E-state index in [9.17, 15) is 20.2 Å². The summed E-state index contributed by atoms with van der Waals surface area (Å²) in [7, 11) is 1.48. The van der Waals surface area contributed by atoms with Gasteiger partial charge in [0.15, 0.2) is 11.5 Å². The fourth-order valence-corrected chi connectivity index (χ4v) is 3.33. The zero-order valence-corrected chi connectivity index (χ0v) is 20.1. The van der Waals surface area contributed by atoms with Crippen LogP contribution in [-0.2, 0) is 11.4 Å². The molecule has 0 radical (unpaired) electrons. The fraction of sp³-hybridized carbons (Fsp3) is 0.0833. The van der Waals surface area contributed by atoms with Crippen LogP contribution in [0.25, 0.3) is 6.08 Å². The molecule has 1 N–H and O–H groups in total. The Kier molecular flexibility index (Phi) is 8.24. The van der Waals surface area contributed by atoms with Crippen LogP contribution in [0.2, 0.25) is 5.02 Å². The lowest BCUT2D eigenvalue weighted by Gasteiger charge is -2.12. The maximum atomic E-state index is 12.6. The summed E-state index contributed by atoms with van der Waals surface area (Å²) in [6, 6.07) is 18.3. The second-order valence-corrected chi connectivity index (χ2v) is 8.22. The molecule has 0 heterocycles. The number of amides is 1. The Balaban J connectivity index is 1.79. The number of nitro groups is 1. The van der Waals surface area contributed by atoms with E-state index in [4.69, 9.17) is 21.1 Å². The molecule has 8 nitrogen and oxygen atoms in total. The zero-order valence-electron chi connectivity index (χ0n) is 17.7. The molecule has 0 bridgehead atoms. The predicted octanol–water partition coefficient (Wildman–Crippen LogP) is 6.14. The van der Waals surface area contributed by atoms with Gasteiger partial charge in [-0.05, 0) is 53.6 Å². The molecule has 3 rings (SSSR count). The lowest BCUT2D eigenvalue weighted by Crippen LogP contribution is -2.14. The van der Waals surface area contributed by atoms with Crippen LogP contribution in [0, 0.1) is 21.4 Å². The third-order valence-corrected chi connectivity index (χ3v) is 5.34. The van der Waals surface area contributed by atoms with E-state index >= 15 is 0 Å². The van der Waals surface area contributed by atoms with Crippen molar-refractivity contribution >= 4 is 50.9 Å². The Morgan fingerprint density at radius 2 is 1.91 bits per heavy atom. The topological polar surface area (TPSA) is 114 Å². The standard InChI is InChI=1S/C24H17BrClN3O5/c1-33-23-11-16(4-9-22(23)34-14-15-2-5-18(25)6-3-15)10-17(13-27)24(30)28-20-8-7-19(26)12-21(20)29(31)32/h2-12H,14H2,1H3,(H,28,30). The first-order valence-corrected chi connectivity index (χ1v) is 10.9. The van der Waals surface area contributed by atoms with Gasteiger partial charge in [-0.3, -0.25) is 14.9 Å². The summed E-state index contributed by atoms with van der Waals surface area (Å²) in [6.07, 6.45) is 1.35. The summed E-state index contributed by atoms with van der Waals surface area (Å²) in [5, 5.41) is 23.2. The van der Waals surface area contributed by atoms with Gasteiger partial charge in [-0.25, -0.2) is 0 Å². The lowest BCUT2D eigenvalue weighted by molar-refractivity contribution is -0.383. The first-order chi connectivity index (χ1) is 16.3. The van der Waals surface area contributed by atoms with Gasteiger partial charge in [0, 0.05) is 15.6 Å². The van der Waals surface area contributed by atoms with Gasteiger partial charge < -0.3 is 14.8 Å². The molecule has 0 spiro atoms. The molecule has 0 saturated carbocycles. The number of halogens is 2. The molecular formula is C24H17BrClN3O5. The highest BCUT2D eigenvalue weighted by Gasteiger charge is 2.19. The summed E-state index contributed by atoms with van der Waals surface area (Å²) in [6.45, 7) is 0.324. The summed E-state index contributed by atoms with van der Waals surface area (Å²) in [4.78, 5) is 23.2. The van der Waals surface area contributed by atoms with Crippen molar-refractivity contribution in [3.63, 3.8) is 0 Å². The van der Waals surface area contributed by atoms with E-state index in [1.807, 2.05) is 30.3 Å². The van der Waals surface area contributed by atoms with Gasteiger partial charge in [0.1, 0.15) is 23.9 Å². The number of nitriles is 1. The Morgan fingerprint density at radius 1 is 1.18 bits per heavy atom. The number of carbonyl (C=O) groups is 1. The van der Waals surface area contributed by atoms with E-state index in [1.165, 1.54) is 25.3 Å². The monoisotopic (exact) mass is 541 g/mol. The second kappa shape index (κ2) is 11.3. The Labute approximate surface area is 208 Å². The van der Waals surface area contributed by atoms with Gasteiger partial charge in [0.05, 0.1) is 12.0 Å². The highest BCUT2D eigenvalue weighted by atomic mass is 79.9. The van der Waals surface area contributed by atoms with E-state index in [1.54, 1.807) is 18.2 Å². The minimum Gasteiger partial charge on any atom is -0.493 e. The van der Waals surface area contributed by atoms with Crippen molar-refractivity contribution in [2.24, 2.45) is 0 Å². The van der Waals surface area contributed by atoms with Crippen LogP contribution < -0.4 is 14.8 Å². The number of methoxy groups -OCH3 is 1. The van der Waals surface area contributed by atoms with Crippen LogP contribution in [0.4, 0.5) is 11.4 Å². The van der Waals surface area contributed by atoms with Crippen LogP contribution in [0.1, 0.15) is 11.1 Å². The van der Waals surface area contributed by atoms with Crippen molar-refractivity contribution in [2.45, 2.75) is 6.61 Å². The van der Waals surface area contributed by atoms with Gasteiger partial charge in [-0.15, -0.1) is 0 Å². The number of hydrogen-bond acceptors (Lipinski definition) is 6. The second-order valence-electron chi connectivity index (χ2n) is 6.87. The number of nitrogens with zero attached hydrogens (tertiary/aromatic N) is 2. The fourth-order valence-electron chi connectivity index (χ4n) is 2.90. The Hall–Kier alpha value is -3.87. The van der Waals surface area contributed by atoms with Crippen molar-refractivity contribution in [2.75, 3.05) is 12.4 Å². The van der Waals surface area contributed by atoms with E-state index in [0.717, 1.165) is 16.1 Å². The van der Waals surface area contributed by atoms with Crippen LogP contribution in [-0.4, -0.2) is 17.9 Å². The first kappa shape index (κ1) is 24.8. The molecule has 0 aromatic heterocycles. The number of rotatable bonds is 8. The van der Waals surface area contributed by atoms with E-state index in [0.29, 0.717) is 23.7 Å². The largest absolute Gasteiger partial charge is 0.493 e. The summed E-state index contributed by atoms with van der Waals surface area (Å²) < 4.78 is 12.2. The van der Waals surface area contributed by atoms with E-state index in [-0.39, 0.29) is 22.0 Å². The first-order valence-electron chi connectivity index (χ1n) is 9.73. The highest BCUT2D eigenvalue weighted by molar-refractivity contribution is 9.10. The van der Waals surface area contributed by atoms with Crippen molar-refractivity contribution in [1.29, 1.82) is 5.26 Å². The number of anilines is 1. The molecule has 0 fully saturated rings. The maximum Gasteiger partial charge on any atom is 0.294 e. The molecule has 0 aliphatic rings. The summed E-state index contributed by atoms with van der Waals surface area (Å²) in [5.74, 6) is 0.0988. The number of hydrogen-bond donors (Lipinski definition) is 1. The minimum atomic E-state index is -0.803. The molecule has 34 heavy (non-hydrogen) atoms. The third kappa shape index (κ3) is 6.34. The van der Waals surface area contributed by atoms with Gasteiger partial charge in [0.25, 0.3) is 11.6 Å². The van der Waals surface area contributed by atoms with E-state index in [2.05, 4.69) is 21.2 Å². The van der Waals surface area contributed by atoms with Crippen LogP contribution in [0.15, 0.2) is 70.7 Å². The van der Waals surface area contributed by atoms with Crippen molar-refractivity contribution in [3.8, 4) is 17.6 Å². The van der Waals surface area contributed by atoms with Crippen LogP contribution in [0.5, 0.6) is 11.5 Å².